The van der Waals surface area contributed by atoms with E-state index >= 15 is 0 Å². The molecule has 0 saturated heterocycles. The van der Waals surface area contributed by atoms with E-state index in [2.05, 4.69) is 5.32 Å². The maximum atomic E-state index is 9.22. The average Bonchev–Trinajstić information content (AvgIpc) is 2.18. The molecule has 1 unspecified atom stereocenters. The van der Waals surface area contributed by atoms with Gasteiger partial charge in [0.2, 0.25) is 0 Å². The van der Waals surface area contributed by atoms with Crippen molar-refractivity contribution in [2.45, 2.75) is 25.8 Å². The van der Waals surface area contributed by atoms with Gasteiger partial charge >= 0.3 is 0 Å². The van der Waals surface area contributed by atoms with E-state index in [4.69, 9.17) is 11.6 Å². The summed E-state index contributed by atoms with van der Waals surface area (Å²) >= 11 is 5.86. The summed E-state index contributed by atoms with van der Waals surface area (Å²) < 4.78 is 0. The number of halogens is 1. The average molecular weight is 214 g/mol. The second kappa shape index (κ2) is 4.67. The Morgan fingerprint density at radius 1 is 1.50 bits per heavy atom. The minimum Gasteiger partial charge on any atom is -0.394 e. The van der Waals surface area contributed by atoms with Gasteiger partial charge in [-0.2, -0.15) is 0 Å². The third-order valence-electron chi connectivity index (χ3n) is 2.40. The molecule has 0 spiro atoms. The Kier molecular flexibility index (Phi) is 3.78. The second-order valence-corrected chi connectivity index (χ2v) is 4.14. The molecule has 0 fully saturated rings. The summed E-state index contributed by atoms with van der Waals surface area (Å²) in [4.78, 5) is 0. The molecule has 1 aromatic rings. The lowest BCUT2D eigenvalue weighted by Gasteiger charge is -2.28. The summed E-state index contributed by atoms with van der Waals surface area (Å²) in [6.07, 6.45) is 0.857. The fourth-order valence-electron chi connectivity index (χ4n) is 1.15. The summed E-state index contributed by atoms with van der Waals surface area (Å²) in [7, 11) is 0. The molecule has 0 amide bonds. The zero-order valence-electron chi connectivity index (χ0n) is 8.55. The van der Waals surface area contributed by atoms with E-state index in [1.165, 1.54) is 0 Å². The van der Waals surface area contributed by atoms with Crippen LogP contribution in [-0.4, -0.2) is 17.3 Å². The van der Waals surface area contributed by atoms with Crippen LogP contribution in [0.5, 0.6) is 0 Å². The van der Waals surface area contributed by atoms with Crippen molar-refractivity contribution in [3.8, 4) is 0 Å². The zero-order chi connectivity index (χ0) is 10.6. The maximum absolute atomic E-state index is 9.22. The Labute approximate surface area is 89.9 Å². The molecule has 1 atom stereocenters. The lowest BCUT2D eigenvalue weighted by molar-refractivity contribution is 0.219. The molecule has 0 heterocycles. The van der Waals surface area contributed by atoms with Crippen molar-refractivity contribution in [2.24, 2.45) is 0 Å². The first-order valence-electron chi connectivity index (χ1n) is 4.74. The number of anilines is 1. The number of rotatable bonds is 4. The molecule has 2 nitrogen and oxygen atoms in total. The Balaban J connectivity index is 2.77. The quantitative estimate of drug-likeness (QED) is 0.806. The van der Waals surface area contributed by atoms with Crippen molar-refractivity contribution in [1.29, 1.82) is 0 Å². The van der Waals surface area contributed by atoms with Gasteiger partial charge in [-0.25, -0.2) is 0 Å². The van der Waals surface area contributed by atoms with Crippen LogP contribution in [0, 0.1) is 0 Å². The Bertz CT molecular complexity index is 297. The highest BCUT2D eigenvalue weighted by Gasteiger charge is 2.19. The van der Waals surface area contributed by atoms with Crippen molar-refractivity contribution in [3.63, 3.8) is 0 Å². The van der Waals surface area contributed by atoms with E-state index < -0.39 is 0 Å². The van der Waals surface area contributed by atoms with Gasteiger partial charge in [0, 0.05) is 10.7 Å². The maximum Gasteiger partial charge on any atom is 0.0658 e. The third-order valence-corrected chi connectivity index (χ3v) is 2.64. The van der Waals surface area contributed by atoms with Crippen molar-refractivity contribution in [1.82, 2.24) is 0 Å². The number of aliphatic hydroxyl groups excluding tert-OH is 1. The van der Waals surface area contributed by atoms with Crippen LogP contribution in [0.4, 0.5) is 5.69 Å². The van der Waals surface area contributed by atoms with Gasteiger partial charge in [-0.05, 0) is 31.5 Å². The van der Waals surface area contributed by atoms with Crippen LogP contribution >= 0.6 is 11.6 Å². The fraction of sp³-hybridized carbons (Fsp3) is 0.455. The normalized spacial score (nSPS) is 14.9. The van der Waals surface area contributed by atoms with Gasteiger partial charge in [0.05, 0.1) is 12.1 Å². The Morgan fingerprint density at radius 3 is 2.71 bits per heavy atom. The lowest BCUT2D eigenvalue weighted by Crippen LogP contribution is -2.37. The van der Waals surface area contributed by atoms with Crippen molar-refractivity contribution in [2.75, 3.05) is 11.9 Å². The molecule has 2 N–H and O–H groups in total. The van der Waals surface area contributed by atoms with Crippen molar-refractivity contribution < 1.29 is 5.11 Å². The minimum absolute atomic E-state index is 0.107. The standard InChI is InChI=1S/C11H16ClNO/c1-3-11(2,8-14)13-10-6-4-5-9(12)7-10/h4-7,13-14H,3,8H2,1-2H3. The largest absolute Gasteiger partial charge is 0.394 e. The molecule has 0 aliphatic rings. The topological polar surface area (TPSA) is 32.3 Å². The smallest absolute Gasteiger partial charge is 0.0658 e. The SMILES string of the molecule is CCC(C)(CO)Nc1cccc(Cl)c1. The van der Waals surface area contributed by atoms with Crippen LogP contribution < -0.4 is 5.32 Å². The summed E-state index contributed by atoms with van der Waals surface area (Å²) in [6.45, 7) is 4.12. The molecule has 78 valence electrons. The number of benzene rings is 1. The number of hydrogen-bond acceptors (Lipinski definition) is 2. The highest BCUT2D eigenvalue weighted by atomic mass is 35.5. The van der Waals surface area contributed by atoms with E-state index in [1.807, 2.05) is 38.1 Å². The molecule has 0 saturated carbocycles. The molecule has 3 heteroatoms. The van der Waals surface area contributed by atoms with Crippen LogP contribution in [0.1, 0.15) is 20.3 Å². The summed E-state index contributed by atoms with van der Waals surface area (Å²) in [6, 6.07) is 7.51. The summed E-state index contributed by atoms with van der Waals surface area (Å²) in [5, 5.41) is 13.2. The Morgan fingerprint density at radius 2 is 2.21 bits per heavy atom. The first kappa shape index (κ1) is 11.3. The van der Waals surface area contributed by atoms with E-state index in [1.54, 1.807) is 0 Å². The molecule has 0 aliphatic carbocycles. The number of nitrogens with one attached hydrogen (secondary N) is 1. The number of hydrogen-bond donors (Lipinski definition) is 2. The minimum atomic E-state index is -0.273. The van der Waals surface area contributed by atoms with Crippen LogP contribution in [0.15, 0.2) is 24.3 Å². The highest BCUT2D eigenvalue weighted by molar-refractivity contribution is 6.30. The van der Waals surface area contributed by atoms with Crippen LogP contribution in [0.3, 0.4) is 0 Å². The van der Waals surface area contributed by atoms with E-state index in [0.717, 1.165) is 12.1 Å². The van der Waals surface area contributed by atoms with Gasteiger partial charge in [-0.15, -0.1) is 0 Å². The van der Waals surface area contributed by atoms with Crippen LogP contribution in [0.25, 0.3) is 0 Å². The molecular weight excluding hydrogens is 198 g/mol. The van der Waals surface area contributed by atoms with Crippen LogP contribution in [-0.2, 0) is 0 Å². The second-order valence-electron chi connectivity index (χ2n) is 3.71. The van der Waals surface area contributed by atoms with Crippen LogP contribution in [0.2, 0.25) is 5.02 Å². The monoisotopic (exact) mass is 213 g/mol. The molecule has 0 radical (unpaired) electrons. The van der Waals surface area contributed by atoms with E-state index in [0.29, 0.717) is 5.02 Å². The summed E-state index contributed by atoms with van der Waals surface area (Å²) in [5.74, 6) is 0. The van der Waals surface area contributed by atoms with Crippen molar-refractivity contribution in [3.05, 3.63) is 29.3 Å². The van der Waals surface area contributed by atoms with Gasteiger partial charge < -0.3 is 10.4 Å². The van der Waals surface area contributed by atoms with Crippen molar-refractivity contribution >= 4 is 17.3 Å². The van der Waals surface area contributed by atoms with Gasteiger partial charge in [0.15, 0.2) is 0 Å². The summed E-state index contributed by atoms with van der Waals surface area (Å²) in [5.41, 5.74) is 0.668. The lowest BCUT2D eigenvalue weighted by atomic mass is 10.00. The first-order valence-corrected chi connectivity index (χ1v) is 5.12. The molecule has 0 aromatic heterocycles. The molecule has 1 aromatic carbocycles. The van der Waals surface area contributed by atoms with E-state index in [-0.39, 0.29) is 12.1 Å². The third kappa shape index (κ3) is 2.89. The predicted molar refractivity (Wildman–Crippen MR) is 60.9 cm³/mol. The van der Waals surface area contributed by atoms with Gasteiger partial charge in [-0.3, -0.25) is 0 Å². The highest BCUT2D eigenvalue weighted by Crippen LogP contribution is 2.20. The van der Waals surface area contributed by atoms with Gasteiger partial charge in [-0.1, -0.05) is 24.6 Å². The predicted octanol–water partition coefficient (Wildman–Crippen LogP) is 2.91. The van der Waals surface area contributed by atoms with E-state index in [9.17, 15) is 5.11 Å². The van der Waals surface area contributed by atoms with Gasteiger partial charge in [0.25, 0.3) is 0 Å². The zero-order valence-corrected chi connectivity index (χ0v) is 9.30. The molecule has 0 bridgehead atoms. The van der Waals surface area contributed by atoms with Gasteiger partial charge in [0.1, 0.15) is 0 Å². The fourth-order valence-corrected chi connectivity index (χ4v) is 1.34. The Hall–Kier alpha value is -0.730. The molecular formula is C11H16ClNO. The first-order chi connectivity index (χ1) is 6.59. The number of aliphatic hydroxyl groups is 1. The molecule has 1 rings (SSSR count). The molecule has 14 heavy (non-hydrogen) atoms. The molecule has 0 aliphatic heterocycles.